The van der Waals surface area contributed by atoms with Crippen LogP contribution in [-0.2, 0) is 6.42 Å². The number of carboxylic acids is 1. The molecule has 17 heavy (non-hydrogen) atoms. The molecule has 0 spiro atoms. The summed E-state index contributed by atoms with van der Waals surface area (Å²) in [5, 5.41) is 19.9. The normalized spacial score (nSPS) is 12.6. The van der Waals surface area contributed by atoms with E-state index in [-0.39, 0.29) is 5.56 Å². The highest BCUT2D eigenvalue weighted by atomic mass is 16.4. The first-order valence-electron chi connectivity index (χ1n) is 5.42. The fourth-order valence-electron chi connectivity index (χ4n) is 1.92. The molecule has 3 nitrogen and oxygen atoms in total. The fraction of sp³-hybridized carbons (Fsp3) is 0.214. The Balaban J connectivity index is 2.53. The molecule has 0 aromatic heterocycles. The van der Waals surface area contributed by atoms with Gasteiger partial charge in [-0.25, -0.2) is 4.79 Å². The van der Waals surface area contributed by atoms with Gasteiger partial charge >= 0.3 is 5.97 Å². The predicted molar refractivity (Wildman–Crippen MR) is 65.1 cm³/mol. The molecule has 2 N–H and O–H groups in total. The van der Waals surface area contributed by atoms with E-state index in [9.17, 15) is 9.90 Å². The summed E-state index contributed by atoms with van der Waals surface area (Å²) in [4.78, 5) is 11.0. The topological polar surface area (TPSA) is 57.5 Å². The lowest BCUT2D eigenvalue weighted by Gasteiger charge is -2.07. The molecule has 0 amide bonds. The van der Waals surface area contributed by atoms with E-state index in [1.165, 1.54) is 0 Å². The number of aliphatic hydroxyl groups excluding tert-OH is 1. The lowest BCUT2D eigenvalue weighted by atomic mass is 10.00. The number of aliphatic hydroxyl groups is 1. The molecule has 3 heteroatoms. The van der Waals surface area contributed by atoms with Crippen LogP contribution in [0.2, 0.25) is 0 Å². The molecule has 0 aliphatic carbocycles. The quantitative estimate of drug-likeness (QED) is 0.848. The smallest absolute Gasteiger partial charge is 0.336 e. The van der Waals surface area contributed by atoms with Crippen molar-refractivity contribution in [1.82, 2.24) is 0 Å². The number of fused-ring (bicyclic) bond motifs is 1. The Hall–Kier alpha value is -1.87. The third kappa shape index (κ3) is 2.45. The molecular weight excluding hydrogens is 216 g/mol. The summed E-state index contributed by atoms with van der Waals surface area (Å²) in [5.74, 6) is -0.973. The zero-order valence-corrected chi connectivity index (χ0v) is 9.47. The van der Waals surface area contributed by atoms with Gasteiger partial charge in [0.15, 0.2) is 0 Å². The van der Waals surface area contributed by atoms with Crippen LogP contribution in [0.3, 0.4) is 0 Å². The standard InChI is InChI=1S/C14H13O3/c1-9(15)7-10-5-6-12-11(8-10)3-2-4-13(12)14(16)17/h2-3,5-6,8-9,15H,7H2,1H3,(H,16,17). The van der Waals surface area contributed by atoms with Crippen molar-refractivity contribution < 1.29 is 15.0 Å². The Morgan fingerprint density at radius 3 is 2.82 bits per heavy atom. The number of rotatable bonds is 3. The van der Waals surface area contributed by atoms with Gasteiger partial charge in [-0.2, -0.15) is 0 Å². The maximum Gasteiger partial charge on any atom is 0.336 e. The first-order valence-corrected chi connectivity index (χ1v) is 5.42. The van der Waals surface area contributed by atoms with Gasteiger partial charge in [0.1, 0.15) is 0 Å². The Labute approximate surface area is 99.3 Å². The lowest BCUT2D eigenvalue weighted by molar-refractivity contribution is 0.0698. The van der Waals surface area contributed by atoms with Gasteiger partial charge in [-0.1, -0.05) is 30.3 Å². The van der Waals surface area contributed by atoms with Crippen LogP contribution < -0.4 is 0 Å². The first-order chi connectivity index (χ1) is 8.08. The molecule has 0 aliphatic heterocycles. The number of benzene rings is 2. The molecule has 0 saturated carbocycles. The third-order valence-corrected chi connectivity index (χ3v) is 2.62. The average Bonchev–Trinajstić information content (AvgIpc) is 2.26. The van der Waals surface area contributed by atoms with Crippen LogP contribution in [0.1, 0.15) is 22.8 Å². The molecule has 1 radical (unpaired) electrons. The van der Waals surface area contributed by atoms with E-state index >= 15 is 0 Å². The highest BCUT2D eigenvalue weighted by Crippen LogP contribution is 2.20. The summed E-state index contributed by atoms with van der Waals surface area (Å²) >= 11 is 0. The van der Waals surface area contributed by atoms with Crippen molar-refractivity contribution in [3.05, 3.63) is 47.5 Å². The Kier molecular flexibility index (Phi) is 3.11. The molecule has 2 aromatic rings. The summed E-state index contributed by atoms with van der Waals surface area (Å²) in [6, 6.07) is 11.7. The largest absolute Gasteiger partial charge is 0.478 e. The van der Waals surface area contributed by atoms with Crippen LogP contribution in [0.15, 0.2) is 30.3 Å². The molecule has 2 rings (SSSR count). The summed E-state index contributed by atoms with van der Waals surface area (Å²) < 4.78 is 0. The van der Waals surface area contributed by atoms with Crippen LogP contribution in [0.4, 0.5) is 0 Å². The van der Waals surface area contributed by atoms with Crippen molar-refractivity contribution in [2.75, 3.05) is 0 Å². The second kappa shape index (κ2) is 4.55. The summed E-state index contributed by atoms with van der Waals surface area (Å²) in [6.45, 7) is 1.73. The zero-order chi connectivity index (χ0) is 12.4. The van der Waals surface area contributed by atoms with Crippen molar-refractivity contribution >= 4 is 16.7 Å². The van der Waals surface area contributed by atoms with Crippen molar-refractivity contribution in [2.45, 2.75) is 19.4 Å². The molecule has 0 heterocycles. The number of hydrogen-bond donors (Lipinski definition) is 2. The lowest BCUT2D eigenvalue weighted by Crippen LogP contribution is -2.04. The highest BCUT2D eigenvalue weighted by Gasteiger charge is 2.08. The van der Waals surface area contributed by atoms with Gasteiger partial charge < -0.3 is 10.2 Å². The molecule has 0 aliphatic rings. The van der Waals surface area contributed by atoms with Crippen molar-refractivity contribution in [3.63, 3.8) is 0 Å². The summed E-state index contributed by atoms with van der Waals surface area (Å²) in [7, 11) is 0. The minimum Gasteiger partial charge on any atom is -0.478 e. The van der Waals surface area contributed by atoms with Crippen LogP contribution in [0.5, 0.6) is 0 Å². The van der Waals surface area contributed by atoms with Gasteiger partial charge in [-0.05, 0) is 35.7 Å². The van der Waals surface area contributed by atoms with Crippen LogP contribution >= 0.6 is 0 Å². The molecule has 1 atom stereocenters. The van der Waals surface area contributed by atoms with Crippen LogP contribution in [0.25, 0.3) is 10.8 Å². The SMILES string of the molecule is CC(O)Cc1ccc2c(C(=O)O)[c]ccc2c1. The van der Waals surface area contributed by atoms with Crippen LogP contribution in [-0.4, -0.2) is 22.3 Å². The van der Waals surface area contributed by atoms with E-state index in [0.29, 0.717) is 11.8 Å². The van der Waals surface area contributed by atoms with Gasteiger partial charge in [0, 0.05) is 0 Å². The van der Waals surface area contributed by atoms with Crippen molar-refractivity contribution in [3.8, 4) is 0 Å². The first kappa shape index (κ1) is 11.6. The molecule has 1 unspecified atom stereocenters. The molecule has 0 saturated heterocycles. The van der Waals surface area contributed by atoms with E-state index in [1.54, 1.807) is 19.1 Å². The highest BCUT2D eigenvalue weighted by molar-refractivity contribution is 6.03. The third-order valence-electron chi connectivity index (χ3n) is 2.62. The van der Waals surface area contributed by atoms with Crippen molar-refractivity contribution in [1.29, 1.82) is 0 Å². The molecule has 2 aromatic carbocycles. The number of carboxylic acid groups (broad SMARTS) is 1. The van der Waals surface area contributed by atoms with Crippen molar-refractivity contribution in [2.24, 2.45) is 0 Å². The summed E-state index contributed by atoms with van der Waals surface area (Å²) in [5.41, 5.74) is 1.18. The number of aromatic carboxylic acids is 1. The molecule has 87 valence electrons. The predicted octanol–water partition coefficient (Wildman–Crippen LogP) is 2.26. The second-order valence-corrected chi connectivity index (χ2v) is 4.13. The number of hydrogen-bond acceptors (Lipinski definition) is 2. The minimum absolute atomic E-state index is 0.186. The Morgan fingerprint density at radius 1 is 1.41 bits per heavy atom. The zero-order valence-electron chi connectivity index (χ0n) is 9.47. The van der Waals surface area contributed by atoms with Gasteiger partial charge in [-0.3, -0.25) is 0 Å². The maximum absolute atomic E-state index is 11.0. The van der Waals surface area contributed by atoms with E-state index in [4.69, 9.17) is 5.11 Å². The number of carbonyl (C=O) groups is 1. The van der Waals surface area contributed by atoms with E-state index in [2.05, 4.69) is 6.07 Å². The van der Waals surface area contributed by atoms with E-state index < -0.39 is 12.1 Å². The monoisotopic (exact) mass is 229 g/mol. The van der Waals surface area contributed by atoms with Gasteiger partial charge in [0.25, 0.3) is 0 Å². The van der Waals surface area contributed by atoms with E-state index in [1.807, 2.05) is 18.2 Å². The van der Waals surface area contributed by atoms with E-state index in [0.717, 1.165) is 10.9 Å². The maximum atomic E-state index is 11.0. The molecular formula is C14H13O3. The summed E-state index contributed by atoms with van der Waals surface area (Å²) in [6.07, 6.45) is 0.165. The van der Waals surface area contributed by atoms with Gasteiger partial charge in [0.2, 0.25) is 0 Å². The van der Waals surface area contributed by atoms with Gasteiger partial charge in [-0.15, -0.1) is 0 Å². The Morgan fingerprint density at radius 2 is 2.18 bits per heavy atom. The van der Waals surface area contributed by atoms with Gasteiger partial charge in [0.05, 0.1) is 11.7 Å². The second-order valence-electron chi connectivity index (χ2n) is 4.13. The Bertz CT molecular complexity index is 558. The minimum atomic E-state index is -0.973. The van der Waals surface area contributed by atoms with Crippen LogP contribution in [0, 0.1) is 6.07 Å². The molecule has 0 bridgehead atoms. The fourth-order valence-corrected chi connectivity index (χ4v) is 1.92. The molecule has 0 fully saturated rings. The average molecular weight is 229 g/mol.